The first-order valence-corrected chi connectivity index (χ1v) is 10.4. The predicted molar refractivity (Wildman–Crippen MR) is 109 cm³/mol. The summed E-state index contributed by atoms with van der Waals surface area (Å²) in [5.74, 6) is 4.18. The average molecular weight is 459 g/mol. The quantitative estimate of drug-likeness (QED) is 0.677. The second kappa shape index (κ2) is 9.69. The average Bonchev–Trinajstić information content (AvgIpc) is 3.04. The van der Waals surface area contributed by atoms with Crippen molar-refractivity contribution >= 4 is 34.5 Å². The molecule has 0 saturated heterocycles. The van der Waals surface area contributed by atoms with E-state index in [1.54, 1.807) is 0 Å². The standard InChI is InChI=1S/C20H18ClF3N2O3S/c21-18-12(5-4-11-2-1-3-14(27)6-11)7-16(30-18)19(28)25-13-8-15(22)20(29)26(9-13)10-17(23)24/h7-9,11,14,17,27H,1-3,6,10H2,(H,25,28)/t11-,14-/m1/s1. The molecule has 0 spiro atoms. The second-order valence-electron chi connectivity index (χ2n) is 6.96. The molecule has 10 heteroatoms. The number of anilines is 1. The van der Waals surface area contributed by atoms with E-state index in [1.807, 2.05) is 0 Å². The molecule has 1 saturated carbocycles. The van der Waals surface area contributed by atoms with Crippen LogP contribution >= 0.6 is 22.9 Å². The van der Waals surface area contributed by atoms with Crippen LogP contribution in [0.3, 0.4) is 0 Å². The van der Waals surface area contributed by atoms with Crippen molar-refractivity contribution < 1.29 is 23.1 Å². The molecule has 1 fully saturated rings. The maximum Gasteiger partial charge on any atom is 0.286 e. The third-order valence-electron chi connectivity index (χ3n) is 4.60. The van der Waals surface area contributed by atoms with Gasteiger partial charge in [0.05, 0.1) is 28.8 Å². The summed E-state index contributed by atoms with van der Waals surface area (Å²) in [6.07, 6.45) is 0.908. The van der Waals surface area contributed by atoms with Crippen LogP contribution in [0.25, 0.3) is 0 Å². The minimum absolute atomic E-state index is 0.0563. The van der Waals surface area contributed by atoms with E-state index in [0.717, 1.165) is 42.9 Å². The van der Waals surface area contributed by atoms with Crippen molar-refractivity contribution in [3.63, 3.8) is 0 Å². The van der Waals surface area contributed by atoms with E-state index in [2.05, 4.69) is 17.2 Å². The highest BCUT2D eigenvalue weighted by Crippen LogP contribution is 2.29. The van der Waals surface area contributed by atoms with E-state index in [4.69, 9.17) is 11.6 Å². The van der Waals surface area contributed by atoms with Gasteiger partial charge >= 0.3 is 0 Å². The fourth-order valence-corrected chi connectivity index (χ4v) is 4.27. The van der Waals surface area contributed by atoms with Crippen LogP contribution in [0.4, 0.5) is 18.9 Å². The Morgan fingerprint density at radius 1 is 1.40 bits per heavy atom. The Labute approximate surface area is 179 Å². The maximum atomic E-state index is 13.7. The third-order valence-corrected chi connectivity index (χ3v) is 5.96. The number of rotatable bonds is 4. The fourth-order valence-electron chi connectivity index (χ4n) is 3.19. The summed E-state index contributed by atoms with van der Waals surface area (Å²) in [7, 11) is 0. The number of aliphatic hydroxyl groups excluding tert-OH is 1. The van der Waals surface area contributed by atoms with Gasteiger partial charge in [0, 0.05) is 18.2 Å². The molecule has 2 atom stereocenters. The van der Waals surface area contributed by atoms with Gasteiger partial charge in [-0.1, -0.05) is 23.4 Å². The number of hydrogen-bond acceptors (Lipinski definition) is 4. The molecule has 5 nitrogen and oxygen atoms in total. The van der Waals surface area contributed by atoms with Gasteiger partial charge in [-0.15, -0.1) is 11.3 Å². The van der Waals surface area contributed by atoms with E-state index in [0.29, 0.717) is 20.9 Å². The molecule has 3 rings (SSSR count). The number of amides is 1. The van der Waals surface area contributed by atoms with Gasteiger partial charge in [-0.2, -0.15) is 0 Å². The van der Waals surface area contributed by atoms with E-state index in [-0.39, 0.29) is 22.6 Å². The highest BCUT2D eigenvalue weighted by Gasteiger charge is 2.19. The maximum absolute atomic E-state index is 13.7. The number of carbonyl (C=O) groups is 1. The lowest BCUT2D eigenvalue weighted by Gasteiger charge is -2.21. The Morgan fingerprint density at radius 2 is 2.17 bits per heavy atom. The summed E-state index contributed by atoms with van der Waals surface area (Å²) in [6.45, 7) is -0.986. The van der Waals surface area contributed by atoms with Gasteiger partial charge in [0.25, 0.3) is 17.9 Å². The number of aromatic nitrogens is 1. The molecule has 30 heavy (non-hydrogen) atoms. The number of thiophene rings is 1. The molecule has 1 aliphatic carbocycles. The Bertz CT molecular complexity index is 1060. The fraction of sp³-hybridized carbons (Fsp3) is 0.400. The topological polar surface area (TPSA) is 71.3 Å². The summed E-state index contributed by atoms with van der Waals surface area (Å²) in [6, 6.07) is 2.26. The van der Waals surface area contributed by atoms with Gasteiger partial charge in [0.2, 0.25) is 0 Å². The second-order valence-corrected chi connectivity index (χ2v) is 8.62. The monoisotopic (exact) mass is 458 g/mol. The molecule has 160 valence electrons. The van der Waals surface area contributed by atoms with Crippen LogP contribution < -0.4 is 10.9 Å². The summed E-state index contributed by atoms with van der Waals surface area (Å²) < 4.78 is 39.7. The minimum Gasteiger partial charge on any atom is -0.393 e. The van der Waals surface area contributed by atoms with Gasteiger partial charge in [-0.25, -0.2) is 13.2 Å². The lowest BCUT2D eigenvalue weighted by atomic mass is 9.88. The Balaban J connectivity index is 1.75. The largest absolute Gasteiger partial charge is 0.393 e. The number of hydrogen-bond donors (Lipinski definition) is 2. The van der Waals surface area contributed by atoms with Gasteiger partial charge < -0.3 is 15.0 Å². The number of pyridine rings is 1. The first-order chi connectivity index (χ1) is 14.2. The summed E-state index contributed by atoms with van der Waals surface area (Å²) in [5, 5.41) is 12.1. The van der Waals surface area contributed by atoms with Crippen LogP contribution in [-0.4, -0.2) is 28.1 Å². The molecule has 2 heterocycles. The number of carbonyl (C=O) groups excluding carboxylic acids is 1. The summed E-state index contributed by atoms with van der Waals surface area (Å²) in [4.78, 5) is 24.2. The van der Waals surface area contributed by atoms with E-state index in [1.165, 1.54) is 6.07 Å². The number of alkyl halides is 2. The van der Waals surface area contributed by atoms with Crippen molar-refractivity contribution in [2.45, 2.75) is 44.8 Å². The Kier molecular flexibility index (Phi) is 7.23. The van der Waals surface area contributed by atoms with Crippen LogP contribution in [0.15, 0.2) is 23.1 Å². The molecule has 0 bridgehead atoms. The first-order valence-electron chi connectivity index (χ1n) is 9.21. The van der Waals surface area contributed by atoms with Crippen LogP contribution in [0.2, 0.25) is 4.34 Å². The van der Waals surface area contributed by atoms with Crippen molar-refractivity contribution in [2.24, 2.45) is 5.92 Å². The van der Waals surface area contributed by atoms with Gasteiger partial charge in [0.15, 0.2) is 5.82 Å². The van der Waals surface area contributed by atoms with Crippen LogP contribution in [-0.2, 0) is 6.54 Å². The molecule has 0 aromatic carbocycles. The van der Waals surface area contributed by atoms with Gasteiger partial charge in [-0.3, -0.25) is 9.59 Å². The lowest BCUT2D eigenvalue weighted by molar-refractivity contribution is 0.103. The molecule has 0 unspecified atom stereocenters. The van der Waals surface area contributed by atoms with E-state index in [9.17, 15) is 27.9 Å². The number of nitrogens with zero attached hydrogens (tertiary/aromatic N) is 1. The number of nitrogens with one attached hydrogen (secondary N) is 1. The molecule has 2 aromatic rings. The van der Waals surface area contributed by atoms with Gasteiger partial charge in [-0.05, 0) is 31.7 Å². The van der Waals surface area contributed by atoms with Crippen molar-refractivity contribution in [1.29, 1.82) is 0 Å². The van der Waals surface area contributed by atoms with E-state index < -0.39 is 30.3 Å². The zero-order chi connectivity index (χ0) is 21.8. The normalized spacial score (nSPS) is 18.7. The molecule has 2 aromatic heterocycles. The van der Waals surface area contributed by atoms with Crippen LogP contribution in [0.1, 0.15) is 40.9 Å². The highest BCUT2D eigenvalue weighted by atomic mass is 35.5. The minimum atomic E-state index is -2.85. The molecule has 0 aliphatic heterocycles. The number of aliphatic hydroxyl groups is 1. The van der Waals surface area contributed by atoms with E-state index >= 15 is 0 Å². The molecule has 2 N–H and O–H groups in total. The van der Waals surface area contributed by atoms with Crippen molar-refractivity contribution in [3.05, 3.63) is 49.3 Å². The summed E-state index contributed by atoms with van der Waals surface area (Å²) in [5.41, 5.74) is -0.871. The van der Waals surface area contributed by atoms with Crippen molar-refractivity contribution in [1.82, 2.24) is 4.57 Å². The summed E-state index contributed by atoms with van der Waals surface area (Å²) >= 11 is 7.14. The molecule has 1 aliphatic rings. The molecule has 0 radical (unpaired) electrons. The molecule has 1 amide bonds. The third kappa shape index (κ3) is 5.65. The van der Waals surface area contributed by atoms with Crippen LogP contribution in [0, 0.1) is 23.6 Å². The van der Waals surface area contributed by atoms with Crippen LogP contribution in [0.5, 0.6) is 0 Å². The zero-order valence-electron chi connectivity index (χ0n) is 15.6. The highest BCUT2D eigenvalue weighted by molar-refractivity contribution is 7.18. The SMILES string of the molecule is O=C(Nc1cc(F)c(=O)n(CC(F)F)c1)c1cc(C#C[C@H]2CCC[C@@H](O)C2)c(Cl)s1. The Hall–Kier alpha value is -2.28. The predicted octanol–water partition coefficient (Wildman–Crippen LogP) is 4.12. The zero-order valence-corrected chi connectivity index (χ0v) is 17.2. The van der Waals surface area contributed by atoms with Crippen molar-refractivity contribution in [3.8, 4) is 11.8 Å². The smallest absolute Gasteiger partial charge is 0.286 e. The first kappa shape index (κ1) is 22.4. The lowest BCUT2D eigenvalue weighted by Crippen LogP contribution is -2.26. The number of halogens is 4. The Morgan fingerprint density at radius 3 is 2.87 bits per heavy atom. The molecular formula is C20H18ClF3N2O3S. The van der Waals surface area contributed by atoms with Gasteiger partial charge in [0.1, 0.15) is 4.34 Å². The molecular weight excluding hydrogens is 441 g/mol. The van der Waals surface area contributed by atoms with Crippen molar-refractivity contribution in [2.75, 3.05) is 5.32 Å².